The highest BCUT2D eigenvalue weighted by molar-refractivity contribution is 6.33. The van der Waals surface area contributed by atoms with Crippen molar-refractivity contribution in [2.75, 3.05) is 6.61 Å². The zero-order valence-electron chi connectivity index (χ0n) is 7.38. The molecule has 0 aromatic heterocycles. The molecule has 0 unspecified atom stereocenters. The lowest BCUT2D eigenvalue weighted by atomic mass is 10.2. The van der Waals surface area contributed by atoms with Crippen molar-refractivity contribution in [2.24, 2.45) is 0 Å². The van der Waals surface area contributed by atoms with E-state index in [4.69, 9.17) is 16.7 Å². The Morgan fingerprint density at radius 2 is 2.29 bits per heavy atom. The molecule has 1 aromatic rings. The molecular formula is C9H8ClFO3. The monoisotopic (exact) mass is 218 g/mol. The lowest BCUT2D eigenvalue weighted by Crippen LogP contribution is -2.06. The molecule has 0 heterocycles. The highest BCUT2D eigenvalue weighted by atomic mass is 35.5. The van der Waals surface area contributed by atoms with E-state index in [9.17, 15) is 9.18 Å². The van der Waals surface area contributed by atoms with E-state index in [0.29, 0.717) is 0 Å². The Kier molecular flexibility index (Phi) is 3.30. The van der Waals surface area contributed by atoms with Gasteiger partial charge in [0.1, 0.15) is 11.6 Å². The summed E-state index contributed by atoms with van der Waals surface area (Å²) in [4.78, 5) is 11.2. The Morgan fingerprint density at radius 3 is 2.86 bits per heavy atom. The van der Waals surface area contributed by atoms with Gasteiger partial charge in [-0.05, 0) is 13.0 Å². The molecule has 1 rings (SSSR count). The number of hydrogen-bond donors (Lipinski definition) is 1. The van der Waals surface area contributed by atoms with Crippen LogP contribution in [0.4, 0.5) is 4.39 Å². The fraction of sp³-hybridized carbons (Fsp3) is 0.222. The minimum absolute atomic E-state index is 0.159. The molecule has 0 bridgehead atoms. The third kappa shape index (κ3) is 2.14. The molecule has 5 heteroatoms. The van der Waals surface area contributed by atoms with E-state index in [1.54, 1.807) is 6.92 Å². The summed E-state index contributed by atoms with van der Waals surface area (Å²) in [5, 5.41) is 8.68. The third-order valence-electron chi connectivity index (χ3n) is 1.51. The van der Waals surface area contributed by atoms with Crippen LogP contribution in [-0.2, 0) is 4.74 Å². The number of esters is 1. The number of phenolic OH excluding ortho intramolecular Hbond substituents is 1. The molecule has 0 atom stereocenters. The maximum atomic E-state index is 12.9. The second-order valence-corrected chi connectivity index (χ2v) is 2.89. The number of rotatable bonds is 2. The van der Waals surface area contributed by atoms with Crippen molar-refractivity contribution < 1.29 is 19.0 Å². The Labute approximate surface area is 85.1 Å². The molecule has 0 spiro atoms. The maximum Gasteiger partial charge on any atom is 0.339 e. The fourth-order valence-corrected chi connectivity index (χ4v) is 1.12. The first-order valence-electron chi connectivity index (χ1n) is 3.91. The van der Waals surface area contributed by atoms with Gasteiger partial charge in [0.05, 0.1) is 17.2 Å². The van der Waals surface area contributed by atoms with Crippen molar-refractivity contribution >= 4 is 17.6 Å². The minimum Gasteiger partial charge on any atom is -0.508 e. The first-order chi connectivity index (χ1) is 6.56. The molecule has 1 N–H and O–H groups in total. The Hall–Kier alpha value is -1.29. The predicted octanol–water partition coefficient (Wildman–Crippen LogP) is 2.36. The van der Waals surface area contributed by atoms with Gasteiger partial charge < -0.3 is 9.84 Å². The van der Waals surface area contributed by atoms with Crippen LogP contribution in [0.3, 0.4) is 0 Å². The van der Waals surface area contributed by atoms with E-state index in [0.717, 1.165) is 12.1 Å². The average molecular weight is 219 g/mol. The van der Waals surface area contributed by atoms with E-state index >= 15 is 0 Å². The smallest absolute Gasteiger partial charge is 0.339 e. The number of halogens is 2. The number of phenols is 1. The lowest BCUT2D eigenvalue weighted by Gasteiger charge is -2.05. The summed E-state index contributed by atoms with van der Waals surface area (Å²) in [6.07, 6.45) is 0. The van der Waals surface area contributed by atoms with E-state index in [1.807, 2.05) is 0 Å². The molecular weight excluding hydrogens is 211 g/mol. The van der Waals surface area contributed by atoms with Gasteiger partial charge in [-0.15, -0.1) is 0 Å². The Balaban J connectivity index is 3.13. The number of carbonyl (C=O) groups excluding carboxylic acids is 1. The van der Waals surface area contributed by atoms with Gasteiger partial charge in [-0.2, -0.15) is 0 Å². The summed E-state index contributed by atoms with van der Waals surface area (Å²) in [7, 11) is 0. The molecule has 3 nitrogen and oxygen atoms in total. The average Bonchev–Trinajstić information content (AvgIpc) is 2.11. The van der Waals surface area contributed by atoms with Gasteiger partial charge in [-0.3, -0.25) is 0 Å². The predicted molar refractivity (Wildman–Crippen MR) is 49.0 cm³/mol. The highest BCUT2D eigenvalue weighted by Gasteiger charge is 2.16. The summed E-state index contributed by atoms with van der Waals surface area (Å²) >= 11 is 5.51. The van der Waals surface area contributed by atoms with Crippen LogP contribution in [0.25, 0.3) is 0 Å². The zero-order chi connectivity index (χ0) is 10.7. The van der Waals surface area contributed by atoms with E-state index < -0.39 is 11.8 Å². The molecule has 0 aliphatic rings. The first-order valence-corrected chi connectivity index (χ1v) is 4.29. The van der Waals surface area contributed by atoms with Gasteiger partial charge in [0.15, 0.2) is 0 Å². The van der Waals surface area contributed by atoms with Gasteiger partial charge in [0.2, 0.25) is 0 Å². The normalized spacial score (nSPS) is 9.93. The second kappa shape index (κ2) is 4.28. The fourth-order valence-electron chi connectivity index (χ4n) is 0.932. The first kappa shape index (κ1) is 10.8. The summed E-state index contributed by atoms with van der Waals surface area (Å²) in [6.45, 7) is 1.78. The molecule has 76 valence electrons. The lowest BCUT2D eigenvalue weighted by molar-refractivity contribution is 0.0525. The number of aromatic hydroxyl groups is 1. The number of ether oxygens (including phenoxy) is 1. The summed E-state index contributed by atoms with van der Waals surface area (Å²) < 4.78 is 17.6. The summed E-state index contributed by atoms with van der Waals surface area (Å²) in [5.41, 5.74) is -0.175. The largest absolute Gasteiger partial charge is 0.508 e. The molecule has 1 aromatic carbocycles. The van der Waals surface area contributed by atoms with Gasteiger partial charge in [-0.1, -0.05) is 11.6 Å². The zero-order valence-corrected chi connectivity index (χ0v) is 8.14. The highest BCUT2D eigenvalue weighted by Crippen LogP contribution is 2.25. The summed E-state index contributed by atoms with van der Waals surface area (Å²) in [5.74, 6) is -1.98. The van der Waals surface area contributed by atoms with Crippen molar-refractivity contribution in [3.8, 4) is 5.75 Å². The van der Waals surface area contributed by atoms with Gasteiger partial charge in [0.25, 0.3) is 0 Å². The Bertz CT molecular complexity index is 365. The molecule has 0 radical (unpaired) electrons. The topological polar surface area (TPSA) is 46.5 Å². The van der Waals surface area contributed by atoms with Crippen LogP contribution in [0.1, 0.15) is 17.3 Å². The summed E-state index contributed by atoms with van der Waals surface area (Å²) in [6, 6.07) is 1.88. The van der Waals surface area contributed by atoms with Crippen molar-refractivity contribution in [3.05, 3.63) is 28.5 Å². The van der Waals surface area contributed by atoms with Crippen LogP contribution in [0.2, 0.25) is 5.02 Å². The second-order valence-electron chi connectivity index (χ2n) is 2.51. The van der Waals surface area contributed by atoms with Gasteiger partial charge >= 0.3 is 5.97 Å². The molecule has 0 saturated carbocycles. The SMILES string of the molecule is CCOC(=O)c1cc(O)cc(F)c1Cl. The molecule has 0 aliphatic heterocycles. The quantitative estimate of drug-likeness (QED) is 0.776. The molecule has 0 aliphatic carbocycles. The molecule has 0 saturated heterocycles. The molecule has 0 fully saturated rings. The maximum absolute atomic E-state index is 12.9. The van der Waals surface area contributed by atoms with Crippen LogP contribution in [0, 0.1) is 5.82 Å². The van der Waals surface area contributed by atoms with Crippen molar-refractivity contribution in [2.45, 2.75) is 6.92 Å². The van der Waals surface area contributed by atoms with Crippen LogP contribution in [0.5, 0.6) is 5.75 Å². The van der Waals surface area contributed by atoms with E-state index in [1.165, 1.54) is 0 Å². The number of carbonyl (C=O) groups is 1. The number of benzene rings is 1. The standard InChI is InChI=1S/C9H8ClFO3/c1-2-14-9(13)6-3-5(12)4-7(11)8(6)10/h3-4,12H,2H2,1H3. The van der Waals surface area contributed by atoms with Gasteiger partial charge in [-0.25, -0.2) is 9.18 Å². The van der Waals surface area contributed by atoms with Crippen molar-refractivity contribution in [3.63, 3.8) is 0 Å². The molecule has 0 amide bonds. The van der Waals surface area contributed by atoms with Gasteiger partial charge in [0, 0.05) is 6.07 Å². The van der Waals surface area contributed by atoms with E-state index in [2.05, 4.69) is 4.74 Å². The van der Waals surface area contributed by atoms with Crippen LogP contribution < -0.4 is 0 Å². The van der Waals surface area contributed by atoms with Crippen LogP contribution in [0.15, 0.2) is 12.1 Å². The van der Waals surface area contributed by atoms with Crippen molar-refractivity contribution in [1.29, 1.82) is 0 Å². The van der Waals surface area contributed by atoms with E-state index in [-0.39, 0.29) is 22.9 Å². The van der Waals surface area contributed by atoms with Crippen LogP contribution in [-0.4, -0.2) is 17.7 Å². The minimum atomic E-state index is -0.852. The van der Waals surface area contributed by atoms with Crippen molar-refractivity contribution in [1.82, 2.24) is 0 Å². The molecule has 14 heavy (non-hydrogen) atoms. The number of hydrogen-bond acceptors (Lipinski definition) is 3. The third-order valence-corrected chi connectivity index (χ3v) is 1.89. The Morgan fingerprint density at radius 1 is 1.64 bits per heavy atom. The van der Waals surface area contributed by atoms with Crippen LogP contribution >= 0.6 is 11.6 Å².